The molecule has 1 aromatic heterocycles. The molecule has 1 saturated heterocycles. The standard InChI is InChI=1S/C19H19N3O2S.2ClH/c1-24-17-5-3-2-4-14(17)16-11-20-8-9-22(16)19(23)13-6-7-15-18(10-13)25-12-21-15;;/h2-7,10,12,16,20H,8-9,11H2,1H3;2*1H. The van der Waals surface area contributed by atoms with Crippen molar-refractivity contribution in [1.29, 1.82) is 0 Å². The molecule has 2 aromatic carbocycles. The fourth-order valence-electron chi connectivity index (χ4n) is 3.32. The van der Waals surface area contributed by atoms with Crippen LogP contribution in [0.25, 0.3) is 10.2 Å². The Bertz CT molecular complexity index is 919. The van der Waals surface area contributed by atoms with E-state index in [0.29, 0.717) is 12.1 Å². The highest BCUT2D eigenvalue weighted by atomic mass is 35.5. The number of ether oxygens (including phenoxy) is 1. The summed E-state index contributed by atoms with van der Waals surface area (Å²) in [5, 5.41) is 3.39. The third kappa shape index (κ3) is 4.19. The van der Waals surface area contributed by atoms with E-state index in [2.05, 4.69) is 10.3 Å². The molecule has 1 aliphatic heterocycles. The van der Waals surface area contributed by atoms with Gasteiger partial charge in [-0.25, -0.2) is 4.98 Å². The molecular formula is C19H21Cl2N3O2S. The highest BCUT2D eigenvalue weighted by Gasteiger charge is 2.30. The topological polar surface area (TPSA) is 54.5 Å². The minimum absolute atomic E-state index is 0. The number of thiazole rings is 1. The number of amides is 1. The molecule has 0 aliphatic carbocycles. The van der Waals surface area contributed by atoms with Crippen molar-refractivity contribution < 1.29 is 9.53 Å². The minimum Gasteiger partial charge on any atom is -0.496 e. The third-order valence-electron chi connectivity index (χ3n) is 4.58. The number of halogens is 2. The quantitative estimate of drug-likeness (QED) is 0.690. The normalized spacial score (nSPS) is 16.3. The predicted molar refractivity (Wildman–Crippen MR) is 114 cm³/mol. The van der Waals surface area contributed by atoms with E-state index in [9.17, 15) is 4.79 Å². The van der Waals surface area contributed by atoms with Gasteiger partial charge in [-0.2, -0.15) is 0 Å². The van der Waals surface area contributed by atoms with Gasteiger partial charge in [0.05, 0.1) is 28.9 Å². The second-order valence-corrected chi connectivity index (χ2v) is 6.88. The summed E-state index contributed by atoms with van der Waals surface area (Å²) in [5.74, 6) is 0.861. The maximum absolute atomic E-state index is 13.2. The first-order valence-electron chi connectivity index (χ1n) is 8.26. The lowest BCUT2D eigenvalue weighted by atomic mass is 10.0. The molecule has 1 fully saturated rings. The zero-order valence-electron chi connectivity index (χ0n) is 14.8. The smallest absolute Gasteiger partial charge is 0.254 e. The number of nitrogens with zero attached hydrogens (tertiary/aromatic N) is 2. The molecule has 0 saturated carbocycles. The van der Waals surface area contributed by atoms with Gasteiger partial charge < -0.3 is 15.0 Å². The van der Waals surface area contributed by atoms with E-state index >= 15 is 0 Å². The zero-order chi connectivity index (χ0) is 17.2. The van der Waals surface area contributed by atoms with Gasteiger partial charge >= 0.3 is 0 Å². The van der Waals surface area contributed by atoms with Crippen LogP contribution in [0.2, 0.25) is 0 Å². The molecular weight excluding hydrogens is 405 g/mol. The maximum Gasteiger partial charge on any atom is 0.254 e. The van der Waals surface area contributed by atoms with Crippen LogP contribution in [-0.2, 0) is 0 Å². The Kier molecular flexibility index (Phi) is 7.44. The van der Waals surface area contributed by atoms with Crippen molar-refractivity contribution in [2.45, 2.75) is 6.04 Å². The van der Waals surface area contributed by atoms with E-state index in [0.717, 1.165) is 34.6 Å². The van der Waals surface area contributed by atoms with Crippen molar-refractivity contribution in [3.8, 4) is 5.75 Å². The lowest BCUT2D eigenvalue weighted by Crippen LogP contribution is -2.48. The van der Waals surface area contributed by atoms with Crippen LogP contribution in [0.15, 0.2) is 48.0 Å². The first-order chi connectivity index (χ1) is 12.3. The Labute approximate surface area is 174 Å². The van der Waals surface area contributed by atoms with Crippen molar-refractivity contribution in [3.63, 3.8) is 0 Å². The Hall–Kier alpha value is -1.86. The first kappa shape index (κ1) is 21.4. The number of hydrogen-bond donors (Lipinski definition) is 1. The van der Waals surface area contributed by atoms with Crippen LogP contribution in [0.4, 0.5) is 0 Å². The van der Waals surface area contributed by atoms with Crippen molar-refractivity contribution in [3.05, 3.63) is 59.1 Å². The average molecular weight is 426 g/mol. The molecule has 0 spiro atoms. The van der Waals surface area contributed by atoms with E-state index in [-0.39, 0.29) is 36.8 Å². The molecule has 3 aromatic rings. The van der Waals surface area contributed by atoms with Crippen LogP contribution in [0.3, 0.4) is 0 Å². The van der Waals surface area contributed by atoms with Crippen LogP contribution in [-0.4, -0.2) is 42.5 Å². The molecule has 1 atom stereocenters. The summed E-state index contributed by atoms with van der Waals surface area (Å²) < 4.78 is 6.54. The molecule has 1 amide bonds. The monoisotopic (exact) mass is 425 g/mol. The van der Waals surface area contributed by atoms with Crippen LogP contribution < -0.4 is 10.1 Å². The van der Waals surface area contributed by atoms with Crippen LogP contribution in [0.1, 0.15) is 22.0 Å². The van der Waals surface area contributed by atoms with Gasteiger partial charge in [-0.3, -0.25) is 4.79 Å². The molecule has 0 bridgehead atoms. The first-order valence-corrected chi connectivity index (χ1v) is 9.14. The minimum atomic E-state index is -0.0467. The summed E-state index contributed by atoms with van der Waals surface area (Å²) in [6.45, 7) is 2.18. The van der Waals surface area contributed by atoms with Gasteiger partial charge in [-0.15, -0.1) is 36.2 Å². The summed E-state index contributed by atoms with van der Waals surface area (Å²) in [6.07, 6.45) is 0. The largest absolute Gasteiger partial charge is 0.496 e. The van der Waals surface area contributed by atoms with Gasteiger partial charge in [0.25, 0.3) is 5.91 Å². The van der Waals surface area contributed by atoms with Crippen LogP contribution >= 0.6 is 36.2 Å². The van der Waals surface area contributed by atoms with Crippen molar-refractivity contribution >= 4 is 52.3 Å². The Balaban J connectivity index is 0.00000131. The number of nitrogens with one attached hydrogen (secondary N) is 1. The van der Waals surface area contributed by atoms with Gasteiger partial charge in [0.1, 0.15) is 5.75 Å². The highest BCUT2D eigenvalue weighted by Crippen LogP contribution is 2.31. The number of rotatable bonds is 3. The maximum atomic E-state index is 13.2. The summed E-state index contributed by atoms with van der Waals surface area (Å²) >= 11 is 1.55. The predicted octanol–water partition coefficient (Wildman–Crippen LogP) is 3.94. The van der Waals surface area contributed by atoms with Crippen LogP contribution in [0.5, 0.6) is 5.75 Å². The molecule has 4 rings (SSSR count). The lowest BCUT2D eigenvalue weighted by Gasteiger charge is -2.37. The van der Waals surface area contributed by atoms with Gasteiger partial charge in [-0.05, 0) is 24.3 Å². The molecule has 27 heavy (non-hydrogen) atoms. The molecule has 5 nitrogen and oxygen atoms in total. The number of para-hydroxylation sites is 1. The van der Waals surface area contributed by atoms with E-state index in [1.807, 2.05) is 47.4 Å². The van der Waals surface area contributed by atoms with Gasteiger partial charge in [0, 0.05) is 30.8 Å². The number of methoxy groups -OCH3 is 1. The number of fused-ring (bicyclic) bond motifs is 1. The Morgan fingerprint density at radius 3 is 2.89 bits per heavy atom. The summed E-state index contributed by atoms with van der Waals surface area (Å²) in [7, 11) is 1.67. The fraction of sp³-hybridized carbons (Fsp3) is 0.263. The number of carbonyl (C=O) groups excluding carboxylic acids is 1. The van der Waals surface area contributed by atoms with Crippen molar-refractivity contribution in [2.75, 3.05) is 26.7 Å². The van der Waals surface area contributed by atoms with E-state index < -0.39 is 0 Å². The fourth-order valence-corrected chi connectivity index (χ4v) is 4.04. The lowest BCUT2D eigenvalue weighted by molar-refractivity contribution is 0.0632. The Morgan fingerprint density at radius 1 is 1.26 bits per heavy atom. The average Bonchev–Trinajstić information content (AvgIpc) is 3.15. The number of carbonyl (C=O) groups is 1. The number of benzene rings is 2. The number of aromatic nitrogens is 1. The molecule has 1 unspecified atom stereocenters. The van der Waals surface area contributed by atoms with Gasteiger partial charge in [0.2, 0.25) is 0 Å². The SMILES string of the molecule is COc1ccccc1C1CNCCN1C(=O)c1ccc2ncsc2c1.Cl.Cl. The number of hydrogen-bond acceptors (Lipinski definition) is 5. The second kappa shape index (κ2) is 9.37. The summed E-state index contributed by atoms with van der Waals surface area (Å²) in [5.41, 5.74) is 4.48. The molecule has 2 heterocycles. The second-order valence-electron chi connectivity index (χ2n) is 6.00. The van der Waals surface area contributed by atoms with Gasteiger partial charge in [0.15, 0.2) is 0 Å². The molecule has 144 valence electrons. The Morgan fingerprint density at radius 2 is 2.07 bits per heavy atom. The summed E-state index contributed by atoms with van der Waals surface area (Å²) in [4.78, 5) is 19.4. The van der Waals surface area contributed by atoms with E-state index in [1.165, 1.54) is 0 Å². The van der Waals surface area contributed by atoms with Crippen molar-refractivity contribution in [1.82, 2.24) is 15.2 Å². The highest BCUT2D eigenvalue weighted by molar-refractivity contribution is 7.16. The third-order valence-corrected chi connectivity index (χ3v) is 5.37. The molecule has 8 heteroatoms. The van der Waals surface area contributed by atoms with Gasteiger partial charge in [-0.1, -0.05) is 18.2 Å². The number of piperazine rings is 1. The molecule has 1 N–H and O–H groups in total. The van der Waals surface area contributed by atoms with E-state index in [4.69, 9.17) is 4.74 Å². The van der Waals surface area contributed by atoms with E-state index in [1.54, 1.807) is 24.0 Å². The summed E-state index contributed by atoms with van der Waals surface area (Å²) in [6, 6.07) is 13.6. The van der Waals surface area contributed by atoms with Crippen molar-refractivity contribution in [2.24, 2.45) is 0 Å². The molecule has 1 aliphatic rings. The molecule has 0 radical (unpaired) electrons. The zero-order valence-corrected chi connectivity index (χ0v) is 17.2. The van der Waals surface area contributed by atoms with Crippen LogP contribution in [0, 0.1) is 0 Å².